The molecule has 68 valence electrons. The highest BCUT2D eigenvalue weighted by Crippen LogP contribution is 1.94. The molecule has 1 fully saturated rings. The van der Waals surface area contributed by atoms with Gasteiger partial charge in [0.25, 0.3) is 0 Å². The van der Waals surface area contributed by atoms with Crippen LogP contribution in [0.2, 0.25) is 0 Å². The third-order valence-electron chi connectivity index (χ3n) is 2.09. The minimum Gasteiger partial charge on any atom is -0.395 e. The standard InChI is InChI=1S/C8H15N2O2/c11-7-5-9-1-2-10(4-3-9)6-8-12/h5,7,12H,1-4,6,8H2/q+1. The number of piperazine rings is 1. The minimum atomic E-state index is 0.220. The van der Waals surface area contributed by atoms with E-state index in [2.05, 4.69) is 4.90 Å². The molecule has 0 aromatic carbocycles. The molecule has 1 heterocycles. The molecule has 0 radical (unpaired) electrons. The fraction of sp³-hybridized carbons (Fsp3) is 0.750. The zero-order valence-electron chi connectivity index (χ0n) is 7.15. The van der Waals surface area contributed by atoms with E-state index in [0.717, 1.165) is 39.0 Å². The maximum Gasteiger partial charge on any atom is 0.205 e. The molecule has 0 spiro atoms. The number of carbonyl (C=O) groups is 1. The van der Waals surface area contributed by atoms with Gasteiger partial charge in [-0.25, -0.2) is 4.58 Å². The molecule has 1 aliphatic heterocycles. The SMILES string of the molecule is O=CC=[N+]1CCN(CCO)CC1. The molecule has 0 amide bonds. The van der Waals surface area contributed by atoms with Crippen LogP contribution in [0.25, 0.3) is 0 Å². The maximum atomic E-state index is 10.1. The summed E-state index contributed by atoms with van der Waals surface area (Å²) in [6, 6.07) is 0. The van der Waals surface area contributed by atoms with Crippen molar-refractivity contribution < 1.29 is 14.5 Å². The molecule has 0 saturated carbocycles. The van der Waals surface area contributed by atoms with Crippen molar-refractivity contribution in [3.63, 3.8) is 0 Å². The Morgan fingerprint density at radius 1 is 1.42 bits per heavy atom. The molecule has 0 aromatic heterocycles. The summed E-state index contributed by atoms with van der Waals surface area (Å²) in [4.78, 5) is 12.3. The van der Waals surface area contributed by atoms with Gasteiger partial charge in [0.1, 0.15) is 0 Å². The maximum absolute atomic E-state index is 10.1. The van der Waals surface area contributed by atoms with E-state index < -0.39 is 0 Å². The minimum absolute atomic E-state index is 0.220. The molecule has 0 bridgehead atoms. The molecule has 0 aliphatic carbocycles. The van der Waals surface area contributed by atoms with Crippen molar-refractivity contribution in [2.24, 2.45) is 0 Å². The molecule has 1 saturated heterocycles. The van der Waals surface area contributed by atoms with E-state index in [9.17, 15) is 4.79 Å². The number of aldehydes is 1. The van der Waals surface area contributed by atoms with E-state index in [1.54, 1.807) is 6.21 Å². The Hall–Kier alpha value is -0.740. The Labute approximate surface area is 72.1 Å². The van der Waals surface area contributed by atoms with Gasteiger partial charge >= 0.3 is 0 Å². The Balaban J connectivity index is 2.29. The van der Waals surface area contributed by atoms with Crippen LogP contribution in [0, 0.1) is 0 Å². The number of β-amino-alcohol motifs (C(OH)–C–C–N with tert-alkyl or cyclic N) is 1. The topological polar surface area (TPSA) is 43.5 Å². The van der Waals surface area contributed by atoms with Crippen molar-refractivity contribution in [1.82, 2.24) is 4.90 Å². The molecule has 0 unspecified atom stereocenters. The van der Waals surface area contributed by atoms with Crippen LogP contribution in [-0.4, -0.2) is 66.4 Å². The molecule has 1 N–H and O–H groups in total. The number of nitrogens with zero attached hydrogens (tertiary/aromatic N) is 2. The van der Waals surface area contributed by atoms with Crippen molar-refractivity contribution >= 4 is 12.5 Å². The van der Waals surface area contributed by atoms with Gasteiger partial charge in [-0.05, 0) is 0 Å². The summed E-state index contributed by atoms with van der Waals surface area (Å²) < 4.78 is 2.00. The zero-order valence-corrected chi connectivity index (χ0v) is 7.15. The lowest BCUT2D eigenvalue weighted by Gasteiger charge is -2.23. The second kappa shape index (κ2) is 5.00. The van der Waals surface area contributed by atoms with Crippen LogP contribution < -0.4 is 0 Å². The van der Waals surface area contributed by atoms with E-state index in [1.165, 1.54) is 0 Å². The van der Waals surface area contributed by atoms with Crippen molar-refractivity contribution in [3.8, 4) is 0 Å². The lowest BCUT2D eigenvalue weighted by Crippen LogP contribution is -2.43. The Morgan fingerprint density at radius 3 is 2.58 bits per heavy atom. The molecule has 0 aromatic rings. The van der Waals surface area contributed by atoms with Gasteiger partial charge < -0.3 is 5.11 Å². The van der Waals surface area contributed by atoms with Crippen LogP contribution in [0.4, 0.5) is 0 Å². The first-order valence-electron chi connectivity index (χ1n) is 4.22. The number of hydrogen-bond acceptors (Lipinski definition) is 3. The van der Waals surface area contributed by atoms with Crippen molar-refractivity contribution in [1.29, 1.82) is 0 Å². The largest absolute Gasteiger partial charge is 0.395 e. The molecule has 1 aliphatic rings. The summed E-state index contributed by atoms with van der Waals surface area (Å²) in [5, 5.41) is 8.67. The summed E-state index contributed by atoms with van der Waals surface area (Å²) in [7, 11) is 0. The highest BCUT2D eigenvalue weighted by atomic mass is 16.3. The van der Waals surface area contributed by atoms with Gasteiger partial charge in [0.2, 0.25) is 12.5 Å². The first kappa shape index (κ1) is 9.35. The van der Waals surface area contributed by atoms with Gasteiger partial charge in [0, 0.05) is 6.54 Å². The number of hydrogen-bond donors (Lipinski definition) is 1. The first-order chi connectivity index (χ1) is 5.86. The summed E-state index contributed by atoms with van der Waals surface area (Å²) in [5.41, 5.74) is 0. The summed E-state index contributed by atoms with van der Waals surface area (Å²) in [6.07, 6.45) is 2.40. The number of aliphatic hydroxyl groups is 1. The van der Waals surface area contributed by atoms with Crippen LogP contribution in [0.15, 0.2) is 0 Å². The molecule has 0 atom stereocenters. The van der Waals surface area contributed by atoms with Crippen LogP contribution >= 0.6 is 0 Å². The first-order valence-corrected chi connectivity index (χ1v) is 4.22. The van der Waals surface area contributed by atoms with E-state index in [4.69, 9.17) is 5.11 Å². The number of carbonyl (C=O) groups excluding carboxylic acids is 1. The Bertz CT molecular complexity index is 170. The molecule has 4 heteroatoms. The second-order valence-electron chi connectivity index (χ2n) is 2.89. The third-order valence-corrected chi connectivity index (χ3v) is 2.09. The van der Waals surface area contributed by atoms with Crippen LogP contribution in [0.1, 0.15) is 0 Å². The van der Waals surface area contributed by atoms with Gasteiger partial charge in [-0.1, -0.05) is 0 Å². The third kappa shape index (κ3) is 2.71. The number of aliphatic hydroxyl groups excluding tert-OH is 1. The Kier molecular flexibility index (Phi) is 3.90. The fourth-order valence-electron chi connectivity index (χ4n) is 1.36. The molecule has 1 rings (SSSR count). The average molecular weight is 171 g/mol. The van der Waals surface area contributed by atoms with E-state index in [-0.39, 0.29) is 6.61 Å². The second-order valence-corrected chi connectivity index (χ2v) is 2.89. The fourth-order valence-corrected chi connectivity index (χ4v) is 1.36. The van der Waals surface area contributed by atoms with Crippen molar-refractivity contribution in [3.05, 3.63) is 0 Å². The van der Waals surface area contributed by atoms with Crippen LogP contribution in [0.3, 0.4) is 0 Å². The highest BCUT2D eigenvalue weighted by Gasteiger charge is 2.16. The van der Waals surface area contributed by atoms with Crippen LogP contribution in [0.5, 0.6) is 0 Å². The van der Waals surface area contributed by atoms with E-state index in [0.29, 0.717) is 0 Å². The molecular formula is C8H15N2O2+. The van der Waals surface area contributed by atoms with Gasteiger partial charge in [0.15, 0.2) is 13.1 Å². The lowest BCUT2D eigenvalue weighted by molar-refractivity contribution is -0.534. The smallest absolute Gasteiger partial charge is 0.205 e. The summed E-state index contributed by atoms with van der Waals surface area (Å²) >= 11 is 0. The number of rotatable bonds is 3. The lowest BCUT2D eigenvalue weighted by atomic mass is 10.3. The van der Waals surface area contributed by atoms with Crippen LogP contribution in [-0.2, 0) is 4.79 Å². The van der Waals surface area contributed by atoms with Gasteiger partial charge in [-0.2, -0.15) is 0 Å². The monoisotopic (exact) mass is 171 g/mol. The van der Waals surface area contributed by atoms with Gasteiger partial charge in [-0.15, -0.1) is 0 Å². The van der Waals surface area contributed by atoms with Crippen molar-refractivity contribution in [2.45, 2.75) is 0 Å². The predicted molar refractivity (Wildman–Crippen MR) is 45.6 cm³/mol. The molecule has 12 heavy (non-hydrogen) atoms. The molecule has 4 nitrogen and oxygen atoms in total. The zero-order chi connectivity index (χ0) is 8.81. The van der Waals surface area contributed by atoms with Gasteiger partial charge in [0.05, 0.1) is 19.7 Å². The van der Waals surface area contributed by atoms with Gasteiger partial charge in [-0.3, -0.25) is 9.69 Å². The highest BCUT2D eigenvalue weighted by molar-refractivity contribution is 6.10. The van der Waals surface area contributed by atoms with E-state index >= 15 is 0 Å². The van der Waals surface area contributed by atoms with E-state index in [1.807, 2.05) is 4.58 Å². The van der Waals surface area contributed by atoms with Crippen molar-refractivity contribution in [2.75, 3.05) is 39.3 Å². The summed E-state index contributed by atoms with van der Waals surface area (Å²) in [6.45, 7) is 4.61. The Morgan fingerprint density at radius 2 is 2.08 bits per heavy atom. The normalized spacial score (nSPS) is 19.2. The summed E-state index contributed by atoms with van der Waals surface area (Å²) in [5.74, 6) is 0. The molecular weight excluding hydrogens is 156 g/mol. The quantitative estimate of drug-likeness (QED) is 0.418. The predicted octanol–water partition coefficient (Wildman–Crippen LogP) is -1.42. The average Bonchev–Trinajstić information content (AvgIpc) is 2.09.